The predicted molar refractivity (Wildman–Crippen MR) is 115 cm³/mol. The molecule has 2 aromatic carbocycles. The van der Waals surface area contributed by atoms with Crippen molar-refractivity contribution in [1.82, 2.24) is 24.2 Å². The van der Waals surface area contributed by atoms with Crippen LogP contribution >= 0.6 is 0 Å². The minimum Gasteiger partial charge on any atom is -0.306 e. The minimum atomic E-state index is -3.68. The lowest BCUT2D eigenvalue weighted by atomic mass is 10.1. The zero-order valence-electron chi connectivity index (χ0n) is 16.5. The molecule has 1 fully saturated rings. The van der Waals surface area contributed by atoms with Gasteiger partial charge in [0.25, 0.3) is 0 Å². The van der Waals surface area contributed by atoms with Crippen molar-refractivity contribution in [2.45, 2.75) is 11.4 Å². The summed E-state index contributed by atoms with van der Waals surface area (Å²) in [4.78, 5) is 23.3. The van der Waals surface area contributed by atoms with Gasteiger partial charge in [0.05, 0.1) is 21.4 Å². The van der Waals surface area contributed by atoms with E-state index in [0.717, 1.165) is 16.5 Å². The standard InChI is InChI=1S/C21H20FN5O3S/c22-16-10-14-2-1-5-23-20(14)15(11-16)13-26-6-8-27(9-7-26)31(29,30)17-3-4-18-19(12-17)25-21(28)24-18/h1-5,10-12H,6-9,13H2,(H2,24,25,28). The number of aromatic nitrogens is 3. The summed E-state index contributed by atoms with van der Waals surface area (Å²) in [6, 6.07) is 11.1. The van der Waals surface area contributed by atoms with E-state index in [1.165, 1.54) is 28.6 Å². The van der Waals surface area contributed by atoms with Crippen LogP contribution in [-0.2, 0) is 16.6 Å². The SMILES string of the molecule is O=c1[nH]c2ccc(S(=O)(=O)N3CCN(Cc4cc(F)cc5cccnc45)CC3)cc2[nH]1. The van der Waals surface area contributed by atoms with Crippen LogP contribution in [0.25, 0.3) is 21.9 Å². The summed E-state index contributed by atoms with van der Waals surface area (Å²) in [6.07, 6.45) is 1.68. The number of benzene rings is 2. The molecule has 3 heterocycles. The van der Waals surface area contributed by atoms with Crippen LogP contribution in [0.3, 0.4) is 0 Å². The molecule has 160 valence electrons. The van der Waals surface area contributed by atoms with Gasteiger partial charge in [0.2, 0.25) is 10.0 Å². The van der Waals surface area contributed by atoms with Crippen molar-refractivity contribution in [2.24, 2.45) is 0 Å². The van der Waals surface area contributed by atoms with Crippen LogP contribution in [0.15, 0.2) is 58.4 Å². The maximum atomic E-state index is 14.0. The molecule has 0 atom stereocenters. The highest BCUT2D eigenvalue weighted by Crippen LogP contribution is 2.23. The van der Waals surface area contributed by atoms with E-state index in [-0.39, 0.29) is 16.4 Å². The number of pyridine rings is 1. The largest absolute Gasteiger partial charge is 0.323 e. The van der Waals surface area contributed by atoms with E-state index in [1.54, 1.807) is 18.3 Å². The van der Waals surface area contributed by atoms with E-state index in [4.69, 9.17) is 0 Å². The van der Waals surface area contributed by atoms with Crippen LogP contribution in [0.5, 0.6) is 0 Å². The smallest absolute Gasteiger partial charge is 0.306 e. The van der Waals surface area contributed by atoms with E-state index in [2.05, 4.69) is 19.9 Å². The summed E-state index contributed by atoms with van der Waals surface area (Å²) in [5.74, 6) is -0.310. The van der Waals surface area contributed by atoms with Crippen molar-refractivity contribution in [1.29, 1.82) is 0 Å². The van der Waals surface area contributed by atoms with Gasteiger partial charge < -0.3 is 9.97 Å². The molecular weight excluding hydrogens is 421 g/mol. The van der Waals surface area contributed by atoms with Crippen LogP contribution in [0, 0.1) is 5.82 Å². The Morgan fingerprint density at radius 2 is 1.77 bits per heavy atom. The number of aromatic amines is 2. The number of fused-ring (bicyclic) bond motifs is 2. The highest BCUT2D eigenvalue weighted by molar-refractivity contribution is 7.89. The fraction of sp³-hybridized carbons (Fsp3) is 0.238. The molecule has 0 bridgehead atoms. The Kier molecular flexibility index (Phi) is 4.84. The van der Waals surface area contributed by atoms with Crippen molar-refractivity contribution in [3.8, 4) is 0 Å². The number of H-pyrrole nitrogens is 2. The lowest BCUT2D eigenvalue weighted by Crippen LogP contribution is -2.48. The molecule has 10 heteroatoms. The van der Waals surface area contributed by atoms with Gasteiger partial charge in [-0.2, -0.15) is 4.31 Å². The molecule has 0 amide bonds. The average molecular weight is 441 g/mol. The molecule has 31 heavy (non-hydrogen) atoms. The number of rotatable bonds is 4. The molecule has 2 aromatic heterocycles. The summed E-state index contributed by atoms with van der Waals surface area (Å²) < 4.78 is 41.6. The van der Waals surface area contributed by atoms with E-state index in [9.17, 15) is 17.6 Å². The van der Waals surface area contributed by atoms with E-state index < -0.39 is 10.0 Å². The molecule has 0 aliphatic carbocycles. The van der Waals surface area contributed by atoms with Crippen molar-refractivity contribution < 1.29 is 12.8 Å². The van der Waals surface area contributed by atoms with Crippen LogP contribution in [-0.4, -0.2) is 58.8 Å². The summed E-state index contributed by atoms with van der Waals surface area (Å²) in [5, 5.41) is 0.747. The maximum absolute atomic E-state index is 14.0. The summed E-state index contributed by atoms with van der Waals surface area (Å²) in [7, 11) is -3.68. The van der Waals surface area contributed by atoms with Crippen molar-refractivity contribution >= 4 is 32.0 Å². The molecule has 0 spiro atoms. The number of hydrogen-bond donors (Lipinski definition) is 2. The summed E-state index contributed by atoms with van der Waals surface area (Å²) >= 11 is 0. The second kappa shape index (κ2) is 7.56. The zero-order chi connectivity index (χ0) is 21.6. The Balaban J connectivity index is 1.32. The number of sulfonamides is 1. The number of imidazole rings is 1. The predicted octanol–water partition coefficient (Wildman–Crippen LogP) is 2.05. The van der Waals surface area contributed by atoms with Crippen molar-refractivity contribution in [3.05, 3.63) is 70.5 Å². The molecule has 5 rings (SSSR count). The number of nitrogens with zero attached hydrogens (tertiary/aromatic N) is 3. The van der Waals surface area contributed by atoms with Crippen LogP contribution in [0.1, 0.15) is 5.56 Å². The highest BCUT2D eigenvalue weighted by Gasteiger charge is 2.29. The van der Waals surface area contributed by atoms with Crippen molar-refractivity contribution in [3.63, 3.8) is 0 Å². The first-order chi connectivity index (χ1) is 14.9. The van der Waals surface area contributed by atoms with Gasteiger partial charge in [0.15, 0.2) is 0 Å². The molecule has 4 aromatic rings. The molecule has 0 saturated carbocycles. The molecule has 2 N–H and O–H groups in total. The fourth-order valence-corrected chi connectivity index (χ4v) is 5.49. The Labute approximate surface area is 177 Å². The van der Waals surface area contributed by atoms with Gasteiger partial charge in [-0.3, -0.25) is 9.88 Å². The molecule has 1 aliphatic heterocycles. The Morgan fingerprint density at radius 3 is 2.58 bits per heavy atom. The normalized spacial score (nSPS) is 16.3. The average Bonchev–Trinajstić information content (AvgIpc) is 3.13. The second-order valence-electron chi connectivity index (χ2n) is 7.61. The van der Waals surface area contributed by atoms with Gasteiger partial charge >= 0.3 is 5.69 Å². The Morgan fingerprint density at radius 1 is 1.00 bits per heavy atom. The second-order valence-corrected chi connectivity index (χ2v) is 9.54. The molecule has 1 saturated heterocycles. The zero-order valence-corrected chi connectivity index (χ0v) is 17.3. The molecule has 0 unspecified atom stereocenters. The molecule has 0 radical (unpaired) electrons. The van der Waals surface area contributed by atoms with Crippen molar-refractivity contribution in [2.75, 3.05) is 26.2 Å². The summed E-state index contributed by atoms with van der Waals surface area (Å²) in [6.45, 7) is 2.19. The van der Waals surface area contributed by atoms with Gasteiger partial charge in [0.1, 0.15) is 5.82 Å². The number of nitrogens with one attached hydrogen (secondary N) is 2. The molecule has 8 nitrogen and oxygen atoms in total. The molecular formula is C21H20FN5O3S. The van der Waals surface area contributed by atoms with E-state index in [1.807, 2.05) is 6.07 Å². The monoisotopic (exact) mass is 441 g/mol. The van der Waals surface area contributed by atoms with Crippen LogP contribution in [0.4, 0.5) is 4.39 Å². The molecule has 1 aliphatic rings. The van der Waals surface area contributed by atoms with Gasteiger partial charge in [-0.15, -0.1) is 0 Å². The fourth-order valence-electron chi connectivity index (χ4n) is 4.04. The first-order valence-electron chi connectivity index (χ1n) is 9.88. The Hall–Kier alpha value is -3.08. The van der Waals surface area contributed by atoms with Crippen LogP contribution in [0.2, 0.25) is 0 Å². The van der Waals surface area contributed by atoms with Gasteiger partial charge in [-0.05, 0) is 42.0 Å². The van der Waals surface area contributed by atoms with Gasteiger partial charge in [0, 0.05) is 44.3 Å². The number of hydrogen-bond acceptors (Lipinski definition) is 5. The number of halogens is 1. The first-order valence-corrected chi connectivity index (χ1v) is 11.3. The third-order valence-electron chi connectivity index (χ3n) is 5.60. The lowest BCUT2D eigenvalue weighted by molar-refractivity contribution is 0.182. The third-order valence-corrected chi connectivity index (χ3v) is 7.49. The van der Waals surface area contributed by atoms with Gasteiger partial charge in [-0.25, -0.2) is 17.6 Å². The maximum Gasteiger partial charge on any atom is 0.323 e. The highest BCUT2D eigenvalue weighted by atomic mass is 32.2. The van der Waals surface area contributed by atoms with Crippen LogP contribution < -0.4 is 5.69 Å². The first kappa shape index (κ1) is 19.9. The lowest BCUT2D eigenvalue weighted by Gasteiger charge is -2.34. The van der Waals surface area contributed by atoms with Gasteiger partial charge in [-0.1, -0.05) is 6.07 Å². The van der Waals surface area contributed by atoms with E-state index >= 15 is 0 Å². The Bertz CT molecular complexity index is 1440. The summed E-state index contributed by atoms with van der Waals surface area (Å²) in [5.41, 5.74) is 2.18. The minimum absolute atomic E-state index is 0.143. The third kappa shape index (κ3) is 3.73. The number of piperazine rings is 1. The van der Waals surface area contributed by atoms with E-state index in [0.29, 0.717) is 43.8 Å². The topological polar surface area (TPSA) is 102 Å². The quantitative estimate of drug-likeness (QED) is 0.505.